The van der Waals surface area contributed by atoms with Crippen LogP contribution in [0.5, 0.6) is 0 Å². The first kappa shape index (κ1) is 35.5. The fraction of sp³-hybridized carbons (Fsp3) is 0.483. The number of ether oxygens (including phenoxy) is 1. The minimum atomic E-state index is -4.32. The van der Waals surface area contributed by atoms with Gasteiger partial charge in [-0.15, -0.1) is 0 Å². The fourth-order valence-electron chi connectivity index (χ4n) is 3.57. The maximum atomic E-state index is 12.8. The first-order valence-electron chi connectivity index (χ1n) is 13.0. The molecule has 12 heteroatoms. The Bertz CT molecular complexity index is 1140. The van der Waals surface area contributed by atoms with Gasteiger partial charge in [-0.3, -0.25) is 14.4 Å². The van der Waals surface area contributed by atoms with Crippen molar-refractivity contribution in [2.24, 2.45) is 5.92 Å². The maximum absolute atomic E-state index is 12.8. The van der Waals surface area contributed by atoms with Crippen LogP contribution in [0.3, 0.4) is 0 Å². The second kappa shape index (κ2) is 15.4. The number of amides is 2. The molecule has 2 N–H and O–H groups in total. The molecule has 2 unspecified atom stereocenters. The number of benzene rings is 2. The van der Waals surface area contributed by atoms with E-state index in [1.165, 1.54) is 0 Å². The second-order valence-electron chi connectivity index (χ2n) is 10.1. The van der Waals surface area contributed by atoms with Crippen LogP contribution >= 0.6 is 0 Å². The van der Waals surface area contributed by atoms with E-state index in [0.29, 0.717) is 17.7 Å². The topological polar surface area (TPSA) is 84.5 Å². The molecule has 6 nitrogen and oxygen atoms in total. The third-order valence-corrected chi connectivity index (χ3v) is 5.74. The zero-order valence-corrected chi connectivity index (χ0v) is 23.6. The number of carbonyl (C=O) groups excluding carboxylic acids is 3. The van der Waals surface area contributed by atoms with E-state index in [1.54, 1.807) is 31.2 Å². The Hall–Kier alpha value is -3.57. The summed E-state index contributed by atoms with van der Waals surface area (Å²) in [5.41, 5.74) is 2.55. The van der Waals surface area contributed by atoms with E-state index in [-0.39, 0.29) is 18.4 Å². The molecule has 1 aliphatic heterocycles. The number of hydrogen-bond donors (Lipinski definition) is 2. The molecular weight excluding hydrogens is 554 g/mol. The molecule has 0 saturated heterocycles. The SMILES string of the molecule is CC(C)(C)OC=O.CCC(CCC(F)(F)F)C(=O)NC1C(=O)Nc2ccccc2-c2ccccc21.CCC(F)(F)F. The molecule has 2 aromatic rings. The molecule has 2 atom stereocenters. The second-order valence-corrected chi connectivity index (χ2v) is 10.1. The van der Waals surface area contributed by atoms with Crippen molar-refractivity contribution >= 4 is 24.0 Å². The monoisotopic (exact) mass is 590 g/mol. The number of halogens is 6. The van der Waals surface area contributed by atoms with Crippen LogP contribution in [0.1, 0.15) is 71.9 Å². The molecule has 228 valence electrons. The van der Waals surface area contributed by atoms with Gasteiger partial charge in [-0.2, -0.15) is 26.3 Å². The summed E-state index contributed by atoms with van der Waals surface area (Å²) in [6.07, 6.45) is -10.1. The molecule has 0 aromatic heterocycles. The van der Waals surface area contributed by atoms with E-state index in [2.05, 4.69) is 15.4 Å². The Morgan fingerprint density at radius 1 is 0.951 bits per heavy atom. The molecule has 1 aliphatic rings. The van der Waals surface area contributed by atoms with Crippen molar-refractivity contribution in [2.45, 2.75) is 84.3 Å². The lowest BCUT2D eigenvalue weighted by Crippen LogP contribution is -2.39. The van der Waals surface area contributed by atoms with Crippen molar-refractivity contribution in [2.75, 3.05) is 5.32 Å². The molecule has 0 aliphatic carbocycles. The summed E-state index contributed by atoms with van der Waals surface area (Å²) >= 11 is 0. The van der Waals surface area contributed by atoms with Crippen molar-refractivity contribution in [3.8, 4) is 11.1 Å². The van der Waals surface area contributed by atoms with Gasteiger partial charge >= 0.3 is 12.4 Å². The molecule has 0 saturated carbocycles. The molecule has 3 rings (SSSR count). The predicted molar refractivity (Wildman–Crippen MR) is 144 cm³/mol. The van der Waals surface area contributed by atoms with E-state index < -0.39 is 49.0 Å². The van der Waals surface area contributed by atoms with Gasteiger partial charge in [0.05, 0.1) is 0 Å². The largest absolute Gasteiger partial charge is 0.462 e. The summed E-state index contributed by atoms with van der Waals surface area (Å²) in [5.74, 6) is -1.78. The highest BCUT2D eigenvalue weighted by atomic mass is 19.4. The average molecular weight is 591 g/mol. The number of nitrogens with one attached hydrogen (secondary N) is 2. The zero-order chi connectivity index (χ0) is 31.4. The normalized spacial score (nSPS) is 15.2. The van der Waals surface area contributed by atoms with Gasteiger partial charge in [0.15, 0.2) is 0 Å². The quantitative estimate of drug-likeness (QED) is 0.266. The van der Waals surface area contributed by atoms with Gasteiger partial charge in [0.25, 0.3) is 12.4 Å². The van der Waals surface area contributed by atoms with Gasteiger partial charge in [-0.25, -0.2) is 0 Å². The lowest BCUT2D eigenvalue weighted by atomic mass is 9.94. The minimum Gasteiger partial charge on any atom is -0.462 e. The Morgan fingerprint density at radius 2 is 1.49 bits per heavy atom. The van der Waals surface area contributed by atoms with Gasteiger partial charge < -0.3 is 15.4 Å². The Kier molecular flexibility index (Phi) is 13.3. The van der Waals surface area contributed by atoms with Crippen LogP contribution in [0, 0.1) is 5.92 Å². The minimum absolute atomic E-state index is 0.262. The Labute approximate surface area is 235 Å². The third-order valence-electron chi connectivity index (χ3n) is 5.74. The Morgan fingerprint density at radius 3 is 1.95 bits per heavy atom. The van der Waals surface area contributed by atoms with Gasteiger partial charge in [-0.1, -0.05) is 56.3 Å². The maximum Gasteiger partial charge on any atom is 0.389 e. The predicted octanol–water partition coefficient (Wildman–Crippen LogP) is 7.75. The highest BCUT2D eigenvalue weighted by molar-refractivity contribution is 6.04. The molecule has 41 heavy (non-hydrogen) atoms. The summed E-state index contributed by atoms with van der Waals surface area (Å²) in [6, 6.07) is 13.5. The average Bonchev–Trinajstić information content (AvgIpc) is 2.98. The van der Waals surface area contributed by atoms with Crippen molar-refractivity contribution in [1.29, 1.82) is 0 Å². The summed E-state index contributed by atoms with van der Waals surface area (Å²) < 4.78 is 74.5. The third kappa shape index (κ3) is 13.1. The summed E-state index contributed by atoms with van der Waals surface area (Å²) in [4.78, 5) is 35.0. The molecule has 1 heterocycles. The first-order chi connectivity index (χ1) is 18.9. The van der Waals surface area contributed by atoms with Crippen molar-refractivity contribution in [3.05, 3.63) is 54.1 Å². The summed E-state index contributed by atoms with van der Waals surface area (Å²) in [6.45, 7) is 8.67. The number of carbonyl (C=O) groups is 3. The highest BCUT2D eigenvalue weighted by Gasteiger charge is 2.33. The molecule has 0 fully saturated rings. The number of hydrogen-bond acceptors (Lipinski definition) is 4. The van der Waals surface area contributed by atoms with E-state index in [4.69, 9.17) is 0 Å². The van der Waals surface area contributed by atoms with E-state index in [0.717, 1.165) is 18.1 Å². The van der Waals surface area contributed by atoms with Gasteiger partial charge in [0, 0.05) is 30.0 Å². The van der Waals surface area contributed by atoms with Crippen LogP contribution in [0.2, 0.25) is 0 Å². The fourth-order valence-corrected chi connectivity index (χ4v) is 3.57. The zero-order valence-electron chi connectivity index (χ0n) is 23.6. The number of fused-ring (bicyclic) bond motifs is 3. The summed E-state index contributed by atoms with van der Waals surface area (Å²) in [5, 5.41) is 5.47. The molecule has 0 spiro atoms. The smallest absolute Gasteiger partial charge is 0.389 e. The van der Waals surface area contributed by atoms with Crippen LogP contribution in [0.25, 0.3) is 11.1 Å². The van der Waals surface area contributed by atoms with Crippen LogP contribution in [0.4, 0.5) is 32.0 Å². The van der Waals surface area contributed by atoms with Crippen molar-refractivity contribution in [3.63, 3.8) is 0 Å². The summed E-state index contributed by atoms with van der Waals surface area (Å²) in [7, 11) is 0. The van der Waals surface area contributed by atoms with Crippen LogP contribution < -0.4 is 10.6 Å². The van der Waals surface area contributed by atoms with Crippen molar-refractivity contribution in [1.82, 2.24) is 5.32 Å². The lowest BCUT2D eigenvalue weighted by molar-refractivity contribution is -0.142. The van der Waals surface area contributed by atoms with E-state index >= 15 is 0 Å². The lowest BCUT2D eigenvalue weighted by Gasteiger charge is -2.22. The van der Waals surface area contributed by atoms with Crippen LogP contribution in [-0.2, 0) is 19.1 Å². The molecule has 0 bridgehead atoms. The van der Waals surface area contributed by atoms with Crippen LogP contribution in [0.15, 0.2) is 48.5 Å². The molecular formula is C29H36F6N2O4. The van der Waals surface area contributed by atoms with E-state index in [1.807, 2.05) is 45.0 Å². The van der Waals surface area contributed by atoms with E-state index in [9.17, 15) is 40.7 Å². The number of anilines is 1. The number of alkyl halides is 6. The standard InChI is InChI=1S/C21H21F3N2O2.C5H10O2.C3H5F3/c1-2-13(11-12-21(22,23)24)19(27)26-18-16-9-4-3-7-14(16)15-8-5-6-10-17(15)25-20(18)28;1-5(2,3)7-4-6;1-2-3(4,5)6/h3-10,13,18H,2,11-12H2,1H3,(H,25,28)(H,26,27);4H,1-3H3;2H2,1H3. The number of rotatable bonds is 6. The highest BCUT2D eigenvalue weighted by Crippen LogP contribution is 2.37. The van der Waals surface area contributed by atoms with Gasteiger partial charge in [0.2, 0.25) is 5.91 Å². The molecule has 2 amide bonds. The first-order valence-corrected chi connectivity index (χ1v) is 13.0. The van der Waals surface area contributed by atoms with Crippen LogP contribution in [-0.4, -0.2) is 36.2 Å². The number of para-hydroxylation sites is 1. The molecule has 0 radical (unpaired) electrons. The van der Waals surface area contributed by atoms with Gasteiger partial charge in [-0.05, 0) is 50.8 Å². The van der Waals surface area contributed by atoms with Crippen molar-refractivity contribution < 1.29 is 45.5 Å². The van der Waals surface area contributed by atoms with Gasteiger partial charge in [0.1, 0.15) is 11.6 Å². The molecule has 2 aromatic carbocycles. The Balaban J connectivity index is 0.000000539.